The van der Waals surface area contributed by atoms with Crippen molar-refractivity contribution >= 4 is 27.7 Å². The molecule has 0 saturated carbocycles. The zero-order valence-electron chi connectivity index (χ0n) is 9.37. The normalized spacial score (nSPS) is 11.6. The van der Waals surface area contributed by atoms with Gasteiger partial charge in [0, 0.05) is 17.0 Å². The minimum absolute atomic E-state index is 0.179. The Hall–Kier alpha value is -1.16. The summed E-state index contributed by atoms with van der Waals surface area (Å²) in [5, 5.41) is 11.6. The molecule has 1 aromatic carbocycles. The van der Waals surface area contributed by atoms with Crippen LogP contribution < -0.4 is 0 Å². The molecule has 0 radical (unpaired) electrons. The Morgan fingerprint density at radius 1 is 1.56 bits per heavy atom. The van der Waals surface area contributed by atoms with Crippen LogP contribution in [0.2, 0.25) is 0 Å². The van der Waals surface area contributed by atoms with E-state index in [0.717, 1.165) is 17.3 Å². The molecule has 0 N–H and O–H groups in total. The van der Waals surface area contributed by atoms with Crippen molar-refractivity contribution in [3.8, 4) is 0 Å². The van der Waals surface area contributed by atoms with Gasteiger partial charge in [0.15, 0.2) is 0 Å². The largest absolute Gasteiger partial charge is 0.272 e. The molecule has 0 aromatic heterocycles. The fourth-order valence-electron chi connectivity index (χ4n) is 1.38. The van der Waals surface area contributed by atoms with Crippen molar-refractivity contribution in [2.75, 3.05) is 5.33 Å². The summed E-state index contributed by atoms with van der Waals surface area (Å²) in [6.07, 6.45) is 2.92. The summed E-state index contributed by atoms with van der Waals surface area (Å²) in [6.45, 7) is 3.81. The summed E-state index contributed by atoms with van der Waals surface area (Å²) in [6, 6.07) is 5.31. The lowest BCUT2D eigenvalue weighted by molar-refractivity contribution is -0.385. The Labute approximate surface area is 103 Å². The van der Waals surface area contributed by atoms with Gasteiger partial charge in [0.1, 0.15) is 0 Å². The third-order valence-corrected chi connectivity index (χ3v) is 3.15. The van der Waals surface area contributed by atoms with Crippen LogP contribution in [0.1, 0.15) is 24.5 Å². The number of allylic oxidation sites excluding steroid dienone is 1. The van der Waals surface area contributed by atoms with Crippen LogP contribution >= 0.6 is 15.9 Å². The Balaban J connectivity index is 3.12. The highest BCUT2D eigenvalue weighted by molar-refractivity contribution is 9.09. The first kappa shape index (κ1) is 12.9. The predicted octanol–water partition coefficient (Wildman–Crippen LogP) is 4.09. The van der Waals surface area contributed by atoms with E-state index in [1.807, 2.05) is 12.1 Å². The number of hydrogen-bond acceptors (Lipinski definition) is 2. The summed E-state index contributed by atoms with van der Waals surface area (Å²) in [5.41, 5.74) is 2.98. The first-order valence-electron chi connectivity index (χ1n) is 5.09. The summed E-state index contributed by atoms with van der Waals surface area (Å²) in [5.74, 6) is 0. The van der Waals surface area contributed by atoms with Crippen molar-refractivity contribution < 1.29 is 4.92 Å². The Morgan fingerprint density at radius 3 is 2.75 bits per heavy atom. The van der Waals surface area contributed by atoms with Gasteiger partial charge in [0.05, 0.1) is 4.92 Å². The quantitative estimate of drug-likeness (QED) is 0.474. The number of benzene rings is 1. The smallest absolute Gasteiger partial charge is 0.258 e. The van der Waals surface area contributed by atoms with Crippen LogP contribution in [-0.4, -0.2) is 10.3 Å². The molecule has 0 aliphatic carbocycles. The topological polar surface area (TPSA) is 43.1 Å². The van der Waals surface area contributed by atoms with Crippen molar-refractivity contribution in [2.24, 2.45) is 0 Å². The van der Waals surface area contributed by atoms with Gasteiger partial charge in [-0.2, -0.15) is 0 Å². The molecule has 0 aliphatic heterocycles. The second-order valence-corrected chi connectivity index (χ2v) is 4.15. The highest BCUT2D eigenvalue weighted by Crippen LogP contribution is 2.21. The molecule has 0 atom stereocenters. The number of halogens is 1. The van der Waals surface area contributed by atoms with Crippen LogP contribution in [0, 0.1) is 17.0 Å². The van der Waals surface area contributed by atoms with Gasteiger partial charge in [0.25, 0.3) is 5.69 Å². The summed E-state index contributed by atoms with van der Waals surface area (Å²) >= 11 is 3.39. The van der Waals surface area contributed by atoms with Crippen molar-refractivity contribution in [1.82, 2.24) is 0 Å². The molecule has 3 nitrogen and oxygen atoms in total. The molecular formula is C12H14BrNO2. The molecule has 0 bridgehead atoms. The number of hydrogen-bond donors (Lipinski definition) is 0. The van der Waals surface area contributed by atoms with Gasteiger partial charge in [-0.15, -0.1) is 0 Å². The third kappa shape index (κ3) is 3.17. The molecule has 0 saturated heterocycles. The van der Waals surface area contributed by atoms with Gasteiger partial charge in [-0.25, -0.2) is 0 Å². The van der Waals surface area contributed by atoms with Crippen molar-refractivity contribution in [2.45, 2.75) is 20.3 Å². The van der Waals surface area contributed by atoms with Crippen LogP contribution in [0.3, 0.4) is 0 Å². The van der Waals surface area contributed by atoms with Gasteiger partial charge >= 0.3 is 0 Å². The molecule has 86 valence electrons. The second kappa shape index (κ2) is 5.80. The number of alkyl halides is 1. The maximum atomic E-state index is 10.8. The monoisotopic (exact) mass is 283 g/mol. The molecule has 1 aromatic rings. The Kier molecular flexibility index (Phi) is 4.68. The lowest BCUT2D eigenvalue weighted by Gasteiger charge is -2.01. The predicted molar refractivity (Wildman–Crippen MR) is 69.9 cm³/mol. The van der Waals surface area contributed by atoms with Crippen LogP contribution in [-0.2, 0) is 0 Å². The number of nitro groups is 1. The van der Waals surface area contributed by atoms with Crippen molar-refractivity contribution in [3.05, 3.63) is 45.0 Å². The van der Waals surface area contributed by atoms with Gasteiger partial charge in [-0.05, 0) is 18.9 Å². The zero-order valence-corrected chi connectivity index (χ0v) is 11.0. The van der Waals surface area contributed by atoms with Gasteiger partial charge in [-0.3, -0.25) is 10.1 Å². The summed E-state index contributed by atoms with van der Waals surface area (Å²) < 4.78 is 0. The zero-order chi connectivity index (χ0) is 12.1. The molecule has 0 spiro atoms. The van der Waals surface area contributed by atoms with E-state index in [1.165, 1.54) is 5.57 Å². The number of aryl methyl sites for hydroxylation is 1. The Bertz CT molecular complexity index is 421. The van der Waals surface area contributed by atoms with Crippen molar-refractivity contribution in [3.63, 3.8) is 0 Å². The lowest BCUT2D eigenvalue weighted by atomic mass is 10.1. The standard InChI is InChI=1S/C12H14BrNO2/c1-3-10(8-13)6-11-5-4-9(2)12(7-11)14(15)16/h4-7H,3,8H2,1-2H3. The van der Waals surface area contributed by atoms with Crippen LogP contribution in [0.5, 0.6) is 0 Å². The number of nitrogens with zero attached hydrogens (tertiary/aromatic N) is 1. The van der Waals surface area contributed by atoms with Gasteiger partial charge in [0.2, 0.25) is 0 Å². The maximum absolute atomic E-state index is 10.8. The van der Waals surface area contributed by atoms with Gasteiger partial charge in [-0.1, -0.05) is 46.6 Å². The molecule has 4 heteroatoms. The molecule has 0 unspecified atom stereocenters. The third-order valence-electron chi connectivity index (χ3n) is 2.43. The van der Waals surface area contributed by atoms with E-state index < -0.39 is 0 Å². The SMILES string of the molecule is CCC(=Cc1ccc(C)c([N+](=O)[O-])c1)CBr. The summed E-state index contributed by atoms with van der Waals surface area (Å²) in [7, 11) is 0. The molecule has 0 heterocycles. The van der Waals surface area contributed by atoms with E-state index >= 15 is 0 Å². The van der Waals surface area contributed by atoms with Gasteiger partial charge < -0.3 is 0 Å². The minimum Gasteiger partial charge on any atom is -0.258 e. The highest BCUT2D eigenvalue weighted by Gasteiger charge is 2.09. The lowest BCUT2D eigenvalue weighted by Crippen LogP contribution is -1.92. The first-order chi connectivity index (χ1) is 7.58. The van der Waals surface area contributed by atoms with E-state index in [9.17, 15) is 10.1 Å². The van der Waals surface area contributed by atoms with Crippen molar-refractivity contribution in [1.29, 1.82) is 0 Å². The van der Waals surface area contributed by atoms with Crippen LogP contribution in [0.25, 0.3) is 6.08 Å². The molecule has 16 heavy (non-hydrogen) atoms. The fourth-order valence-corrected chi connectivity index (χ4v) is 1.94. The maximum Gasteiger partial charge on any atom is 0.272 e. The van der Waals surface area contributed by atoms with E-state index in [0.29, 0.717) is 5.56 Å². The van der Waals surface area contributed by atoms with E-state index in [2.05, 4.69) is 22.9 Å². The van der Waals surface area contributed by atoms with Crippen LogP contribution in [0.15, 0.2) is 23.8 Å². The fraction of sp³-hybridized carbons (Fsp3) is 0.333. The number of rotatable bonds is 4. The van der Waals surface area contributed by atoms with E-state index in [4.69, 9.17) is 0 Å². The molecule has 1 rings (SSSR count). The molecule has 0 amide bonds. The minimum atomic E-state index is -0.341. The van der Waals surface area contributed by atoms with E-state index in [1.54, 1.807) is 19.1 Å². The Morgan fingerprint density at radius 2 is 2.25 bits per heavy atom. The molecule has 0 aliphatic rings. The van der Waals surface area contributed by atoms with E-state index in [-0.39, 0.29) is 10.6 Å². The first-order valence-corrected chi connectivity index (χ1v) is 6.21. The second-order valence-electron chi connectivity index (χ2n) is 3.59. The molecular weight excluding hydrogens is 270 g/mol. The number of nitro benzene ring substituents is 1. The average molecular weight is 284 g/mol. The molecule has 0 fully saturated rings. The van der Waals surface area contributed by atoms with Crippen LogP contribution in [0.4, 0.5) is 5.69 Å². The average Bonchev–Trinajstić information content (AvgIpc) is 2.27. The highest BCUT2D eigenvalue weighted by atomic mass is 79.9. The summed E-state index contributed by atoms with van der Waals surface area (Å²) in [4.78, 5) is 10.4.